The fourth-order valence-electron chi connectivity index (χ4n) is 2.89. The number of rotatable bonds is 0. The maximum absolute atomic E-state index is 2.46. The van der Waals surface area contributed by atoms with E-state index < -0.39 is 0 Å². The van der Waals surface area contributed by atoms with E-state index in [1.165, 1.54) is 34.4 Å². The smallest absolute Gasteiger partial charge is 0.0436 e. The van der Waals surface area contributed by atoms with E-state index in [9.17, 15) is 0 Å². The van der Waals surface area contributed by atoms with Gasteiger partial charge in [0, 0.05) is 18.3 Å². The Balaban J connectivity index is 2.76. The molecule has 88 valence electrons. The van der Waals surface area contributed by atoms with Crippen LogP contribution in [-0.2, 0) is 6.42 Å². The average molecular weight is 217 g/mol. The van der Waals surface area contributed by atoms with Gasteiger partial charge in [0.15, 0.2) is 0 Å². The van der Waals surface area contributed by atoms with Crippen molar-refractivity contribution in [3.8, 4) is 0 Å². The molecule has 1 aliphatic heterocycles. The van der Waals surface area contributed by atoms with Gasteiger partial charge in [-0.1, -0.05) is 0 Å². The summed E-state index contributed by atoms with van der Waals surface area (Å²) in [6.07, 6.45) is 1.17. The summed E-state index contributed by atoms with van der Waals surface area (Å²) in [7, 11) is 2.23. The molecule has 0 N–H and O–H groups in total. The minimum Gasteiger partial charge on any atom is -0.369 e. The zero-order chi connectivity index (χ0) is 12.2. The molecule has 16 heavy (non-hydrogen) atoms. The van der Waals surface area contributed by atoms with E-state index >= 15 is 0 Å². The van der Waals surface area contributed by atoms with Crippen LogP contribution in [0.15, 0.2) is 0 Å². The Bertz CT molecular complexity index is 455. The quantitative estimate of drug-likeness (QED) is 0.640. The van der Waals surface area contributed by atoms with Crippen LogP contribution in [-0.4, -0.2) is 12.6 Å². The summed E-state index contributed by atoms with van der Waals surface area (Å²) in [6, 6.07) is 0. The van der Waals surface area contributed by atoms with Crippen LogP contribution in [0.3, 0.4) is 0 Å². The van der Waals surface area contributed by atoms with Gasteiger partial charge in [-0.2, -0.15) is 0 Å². The van der Waals surface area contributed by atoms with Gasteiger partial charge in [-0.05, 0) is 75.8 Å². The van der Waals surface area contributed by atoms with Crippen molar-refractivity contribution < 1.29 is 0 Å². The minimum absolute atomic E-state index is 0.262. The summed E-state index contributed by atoms with van der Waals surface area (Å²) in [5, 5.41) is 0. The van der Waals surface area contributed by atoms with Crippen LogP contribution in [0, 0.1) is 27.7 Å². The van der Waals surface area contributed by atoms with Gasteiger partial charge in [0.25, 0.3) is 0 Å². The lowest BCUT2D eigenvalue weighted by molar-refractivity contribution is 0.515. The third-order valence-electron chi connectivity index (χ3n) is 4.63. The van der Waals surface area contributed by atoms with E-state index in [4.69, 9.17) is 0 Å². The first-order valence-electron chi connectivity index (χ1n) is 6.10. The standard InChI is InChI=1S/C15H23N/c1-9-10(2)12(4)14-13(11(9)3)8-15(5,6)16(14)7/h8H2,1-7H3. The van der Waals surface area contributed by atoms with Gasteiger partial charge in [-0.15, -0.1) is 0 Å². The van der Waals surface area contributed by atoms with Crippen molar-refractivity contribution in [1.29, 1.82) is 0 Å². The van der Waals surface area contributed by atoms with Gasteiger partial charge in [-0.25, -0.2) is 0 Å². The highest BCUT2D eigenvalue weighted by Crippen LogP contribution is 2.43. The highest BCUT2D eigenvalue weighted by Gasteiger charge is 2.36. The number of nitrogens with zero attached hydrogens (tertiary/aromatic N) is 1. The Morgan fingerprint density at radius 3 is 1.94 bits per heavy atom. The average Bonchev–Trinajstić information content (AvgIpc) is 2.45. The molecule has 0 amide bonds. The number of anilines is 1. The summed E-state index contributed by atoms with van der Waals surface area (Å²) in [5.74, 6) is 0. The molecule has 0 saturated heterocycles. The Hall–Kier alpha value is -0.980. The summed E-state index contributed by atoms with van der Waals surface area (Å²) >= 11 is 0. The fourth-order valence-corrected chi connectivity index (χ4v) is 2.89. The van der Waals surface area contributed by atoms with Crippen molar-refractivity contribution in [3.05, 3.63) is 27.8 Å². The molecule has 0 saturated carbocycles. The number of hydrogen-bond acceptors (Lipinski definition) is 1. The van der Waals surface area contributed by atoms with Crippen LogP contribution in [0.1, 0.15) is 41.7 Å². The summed E-state index contributed by atoms with van der Waals surface area (Å²) in [5.41, 5.74) is 9.20. The normalized spacial score (nSPS) is 17.8. The Morgan fingerprint density at radius 2 is 1.38 bits per heavy atom. The molecule has 0 atom stereocenters. The zero-order valence-electron chi connectivity index (χ0n) is 11.7. The van der Waals surface area contributed by atoms with Gasteiger partial charge >= 0.3 is 0 Å². The number of hydrogen-bond donors (Lipinski definition) is 0. The lowest BCUT2D eigenvalue weighted by Gasteiger charge is -2.31. The molecule has 1 aliphatic rings. The van der Waals surface area contributed by atoms with Crippen molar-refractivity contribution in [1.82, 2.24) is 0 Å². The molecule has 1 aromatic rings. The predicted molar refractivity (Wildman–Crippen MR) is 71.6 cm³/mol. The maximum atomic E-state index is 2.46. The lowest BCUT2D eigenvalue weighted by Crippen LogP contribution is -2.38. The second-order valence-corrected chi connectivity index (χ2v) is 5.88. The fraction of sp³-hybridized carbons (Fsp3) is 0.600. The van der Waals surface area contributed by atoms with E-state index in [0.29, 0.717) is 0 Å². The number of fused-ring (bicyclic) bond motifs is 1. The van der Waals surface area contributed by atoms with Crippen LogP contribution >= 0.6 is 0 Å². The highest BCUT2D eigenvalue weighted by atomic mass is 15.2. The molecule has 0 radical (unpaired) electrons. The van der Waals surface area contributed by atoms with Crippen molar-refractivity contribution in [2.24, 2.45) is 0 Å². The second kappa shape index (κ2) is 3.26. The first-order valence-corrected chi connectivity index (χ1v) is 6.10. The van der Waals surface area contributed by atoms with E-state index in [2.05, 4.69) is 53.5 Å². The maximum Gasteiger partial charge on any atom is 0.0436 e. The molecule has 1 heterocycles. The molecule has 0 bridgehead atoms. The third-order valence-corrected chi connectivity index (χ3v) is 4.63. The summed E-state index contributed by atoms with van der Waals surface area (Å²) < 4.78 is 0. The topological polar surface area (TPSA) is 3.24 Å². The van der Waals surface area contributed by atoms with Crippen molar-refractivity contribution in [2.45, 2.75) is 53.5 Å². The van der Waals surface area contributed by atoms with Crippen molar-refractivity contribution >= 4 is 5.69 Å². The zero-order valence-corrected chi connectivity index (χ0v) is 11.7. The molecular weight excluding hydrogens is 194 g/mol. The van der Waals surface area contributed by atoms with Crippen molar-refractivity contribution in [2.75, 3.05) is 11.9 Å². The van der Waals surface area contributed by atoms with Gasteiger partial charge in [0.2, 0.25) is 0 Å². The van der Waals surface area contributed by atoms with Gasteiger partial charge in [0.1, 0.15) is 0 Å². The molecule has 0 fully saturated rings. The molecule has 1 nitrogen and oxygen atoms in total. The Kier molecular flexibility index (Phi) is 2.34. The molecule has 0 spiro atoms. The predicted octanol–water partition coefficient (Wildman–Crippen LogP) is 3.69. The molecule has 1 aromatic carbocycles. The molecule has 1 heteroatoms. The second-order valence-electron chi connectivity index (χ2n) is 5.88. The summed E-state index contributed by atoms with van der Waals surface area (Å²) in [6.45, 7) is 13.7. The van der Waals surface area contributed by atoms with E-state index in [1.54, 1.807) is 5.56 Å². The van der Waals surface area contributed by atoms with E-state index in [-0.39, 0.29) is 5.54 Å². The monoisotopic (exact) mass is 217 g/mol. The van der Waals surface area contributed by atoms with E-state index in [0.717, 1.165) is 0 Å². The summed E-state index contributed by atoms with van der Waals surface area (Å²) in [4.78, 5) is 2.46. The minimum atomic E-state index is 0.262. The van der Waals surface area contributed by atoms with Crippen LogP contribution in [0.5, 0.6) is 0 Å². The van der Waals surface area contributed by atoms with Crippen molar-refractivity contribution in [3.63, 3.8) is 0 Å². The van der Waals surface area contributed by atoms with E-state index in [1.807, 2.05) is 0 Å². The molecule has 2 rings (SSSR count). The molecule has 0 aromatic heterocycles. The first kappa shape index (κ1) is 11.5. The third kappa shape index (κ3) is 1.30. The molecule has 0 aliphatic carbocycles. The van der Waals surface area contributed by atoms with Gasteiger partial charge < -0.3 is 4.90 Å². The number of benzene rings is 1. The SMILES string of the molecule is Cc1c(C)c(C)c2c(c1C)CC(C)(C)N2C. The van der Waals surface area contributed by atoms with Gasteiger partial charge in [0.05, 0.1) is 0 Å². The number of likely N-dealkylation sites (N-methyl/N-ethyl adjacent to an activating group) is 1. The van der Waals surface area contributed by atoms with Crippen LogP contribution in [0.25, 0.3) is 0 Å². The first-order chi connectivity index (χ1) is 7.27. The largest absolute Gasteiger partial charge is 0.369 e. The Labute approximate surface area is 99.5 Å². The molecular formula is C15H23N. The lowest BCUT2D eigenvalue weighted by atomic mass is 9.90. The van der Waals surface area contributed by atoms with Crippen LogP contribution in [0.4, 0.5) is 5.69 Å². The van der Waals surface area contributed by atoms with Gasteiger partial charge in [-0.3, -0.25) is 0 Å². The highest BCUT2D eigenvalue weighted by molar-refractivity contribution is 5.71. The molecule has 0 unspecified atom stereocenters. The van der Waals surface area contributed by atoms with Crippen LogP contribution in [0.2, 0.25) is 0 Å². The Morgan fingerprint density at radius 1 is 0.875 bits per heavy atom. The van der Waals surface area contributed by atoms with Crippen LogP contribution < -0.4 is 4.90 Å².